The van der Waals surface area contributed by atoms with Gasteiger partial charge in [-0.1, -0.05) is 12.1 Å². The smallest absolute Gasteiger partial charge is 0.338 e. The number of carbonyl (C=O) groups excluding carboxylic acids is 1. The molecule has 0 bridgehead atoms. The van der Waals surface area contributed by atoms with E-state index < -0.39 is 40.9 Å². The van der Waals surface area contributed by atoms with Crippen molar-refractivity contribution in [2.75, 3.05) is 13.7 Å². The van der Waals surface area contributed by atoms with Gasteiger partial charge in [0.1, 0.15) is 17.4 Å². The molecule has 2 heterocycles. The van der Waals surface area contributed by atoms with Crippen molar-refractivity contribution in [2.24, 2.45) is 12.8 Å². The molecule has 0 aliphatic carbocycles. The molecule has 4 N–H and O–H groups in total. The van der Waals surface area contributed by atoms with E-state index in [1.165, 1.54) is 49.6 Å². The molecular formula is C32H27F2N5O7. The monoisotopic (exact) mass is 631 g/mol. The number of rotatable bonds is 11. The van der Waals surface area contributed by atoms with Crippen molar-refractivity contribution >= 4 is 11.8 Å². The van der Waals surface area contributed by atoms with Gasteiger partial charge in [-0.2, -0.15) is 13.8 Å². The maximum atomic E-state index is 16.1. The van der Waals surface area contributed by atoms with Gasteiger partial charge in [-0.3, -0.25) is 5.41 Å². The average molecular weight is 632 g/mol. The van der Waals surface area contributed by atoms with Gasteiger partial charge in [0.15, 0.2) is 23.0 Å². The molecule has 12 nitrogen and oxygen atoms in total. The molecule has 2 aromatic heterocycles. The number of nitrogens with zero attached hydrogens (tertiary/aromatic N) is 3. The Kier molecular flexibility index (Phi) is 8.98. The van der Waals surface area contributed by atoms with Crippen LogP contribution in [0.2, 0.25) is 0 Å². The van der Waals surface area contributed by atoms with Crippen LogP contribution in [-0.4, -0.2) is 45.2 Å². The summed E-state index contributed by atoms with van der Waals surface area (Å²) in [4.78, 5) is 20.6. The Labute approximate surface area is 261 Å². The number of aromatic nitrogens is 3. The molecule has 0 fully saturated rings. The van der Waals surface area contributed by atoms with E-state index in [4.69, 9.17) is 34.8 Å². The summed E-state index contributed by atoms with van der Waals surface area (Å²) in [5.74, 6) is -6.79. The number of halogens is 2. The predicted molar refractivity (Wildman–Crippen MR) is 161 cm³/mol. The fourth-order valence-electron chi connectivity index (χ4n) is 4.24. The highest BCUT2D eigenvalue weighted by atomic mass is 19.1. The number of aromatic hydroxyl groups is 1. The SMILES string of the molecule is CCOC(=O)c1ccc(OC)c(Oc2c(F)c(Oc3cccc(-c4nccn4C)c3)nc(Oc3cc(C(=N)N)ccc3O)c2F)c1. The Balaban J connectivity index is 1.62. The second-order valence-electron chi connectivity index (χ2n) is 9.56. The van der Waals surface area contributed by atoms with Crippen LogP contribution in [0, 0.1) is 17.0 Å². The minimum Gasteiger partial charge on any atom is -0.504 e. The Morgan fingerprint density at radius 2 is 1.67 bits per heavy atom. The molecule has 0 aliphatic rings. The van der Waals surface area contributed by atoms with E-state index in [0.29, 0.717) is 11.4 Å². The largest absolute Gasteiger partial charge is 0.504 e. The van der Waals surface area contributed by atoms with Crippen molar-refractivity contribution in [3.05, 3.63) is 95.8 Å². The number of pyridine rings is 1. The van der Waals surface area contributed by atoms with Crippen LogP contribution in [0.4, 0.5) is 8.78 Å². The van der Waals surface area contributed by atoms with Gasteiger partial charge in [0.25, 0.3) is 11.8 Å². The molecule has 5 aromatic rings. The number of nitrogens with two attached hydrogens (primary N) is 1. The number of hydrogen-bond donors (Lipinski definition) is 3. The molecule has 46 heavy (non-hydrogen) atoms. The van der Waals surface area contributed by atoms with Crippen molar-refractivity contribution in [3.8, 4) is 57.6 Å². The molecule has 0 atom stereocenters. The molecule has 0 radical (unpaired) electrons. The van der Waals surface area contributed by atoms with Gasteiger partial charge in [-0.25, -0.2) is 9.78 Å². The number of hydrogen-bond acceptors (Lipinski definition) is 10. The highest BCUT2D eigenvalue weighted by molar-refractivity contribution is 5.95. The zero-order chi connectivity index (χ0) is 33.0. The Morgan fingerprint density at radius 1 is 0.957 bits per heavy atom. The van der Waals surface area contributed by atoms with Crippen LogP contribution < -0.4 is 24.7 Å². The molecule has 5 rings (SSSR count). The van der Waals surface area contributed by atoms with E-state index >= 15 is 8.78 Å². The number of imidazole rings is 1. The summed E-state index contributed by atoms with van der Waals surface area (Å²) in [6.45, 7) is 1.72. The standard InChI is InChI=1S/C32H27F2N5O7/c1-4-43-32(41)19-9-11-22(42-3)24(16-19)45-27-25(33)30(44-20-7-5-6-18(14-20)29-37-12-13-39(29)2)38-31(26(27)34)46-23-15-17(28(35)36)8-10-21(23)40/h5-16,40H,4H2,1-3H3,(H3,35,36). The second-order valence-corrected chi connectivity index (χ2v) is 9.56. The van der Waals surface area contributed by atoms with E-state index in [1.54, 1.807) is 49.1 Å². The van der Waals surface area contributed by atoms with Crippen LogP contribution in [0.3, 0.4) is 0 Å². The van der Waals surface area contributed by atoms with Crippen molar-refractivity contribution in [3.63, 3.8) is 0 Å². The van der Waals surface area contributed by atoms with Crippen LogP contribution in [0.25, 0.3) is 11.4 Å². The highest BCUT2D eigenvalue weighted by Gasteiger charge is 2.28. The number of carbonyl (C=O) groups is 1. The molecule has 236 valence electrons. The molecule has 14 heteroatoms. The summed E-state index contributed by atoms with van der Waals surface area (Å²) in [5.41, 5.74) is 6.35. The highest BCUT2D eigenvalue weighted by Crippen LogP contribution is 2.43. The zero-order valence-electron chi connectivity index (χ0n) is 24.7. The van der Waals surface area contributed by atoms with E-state index in [2.05, 4.69) is 9.97 Å². The molecule has 3 aromatic carbocycles. The number of phenols is 1. The molecule has 0 saturated carbocycles. The first kappa shape index (κ1) is 31.3. The van der Waals surface area contributed by atoms with E-state index in [0.717, 1.165) is 0 Å². The lowest BCUT2D eigenvalue weighted by molar-refractivity contribution is 0.0526. The van der Waals surface area contributed by atoms with Crippen LogP contribution in [0.5, 0.6) is 46.3 Å². The molecule has 0 aliphatic heterocycles. The summed E-state index contributed by atoms with van der Waals surface area (Å²) in [7, 11) is 3.10. The van der Waals surface area contributed by atoms with Gasteiger partial charge in [0.2, 0.25) is 17.4 Å². The van der Waals surface area contributed by atoms with Gasteiger partial charge in [0.05, 0.1) is 19.3 Å². The number of esters is 1. The van der Waals surface area contributed by atoms with Gasteiger partial charge in [-0.15, -0.1) is 0 Å². The fraction of sp³-hybridized carbons (Fsp3) is 0.125. The number of ether oxygens (including phenoxy) is 5. The quantitative estimate of drug-likeness (QED) is 0.0855. The maximum Gasteiger partial charge on any atom is 0.338 e. The summed E-state index contributed by atoms with van der Waals surface area (Å²) in [6.07, 6.45) is 3.36. The van der Waals surface area contributed by atoms with Gasteiger partial charge in [-0.05, 0) is 55.5 Å². The van der Waals surface area contributed by atoms with E-state index in [9.17, 15) is 9.90 Å². The van der Waals surface area contributed by atoms with Crippen LogP contribution >= 0.6 is 0 Å². The lowest BCUT2D eigenvalue weighted by Gasteiger charge is -2.17. The van der Waals surface area contributed by atoms with Crippen LogP contribution in [-0.2, 0) is 11.8 Å². The van der Waals surface area contributed by atoms with Crippen molar-refractivity contribution in [1.29, 1.82) is 5.41 Å². The normalized spacial score (nSPS) is 10.7. The second kappa shape index (κ2) is 13.2. The summed E-state index contributed by atoms with van der Waals surface area (Å²) in [6, 6.07) is 14.1. The first-order valence-corrected chi connectivity index (χ1v) is 13.6. The average Bonchev–Trinajstić information content (AvgIpc) is 3.48. The fourth-order valence-corrected chi connectivity index (χ4v) is 4.24. The number of nitrogens with one attached hydrogen (secondary N) is 1. The number of amidine groups is 1. The van der Waals surface area contributed by atoms with Gasteiger partial charge in [0, 0.05) is 30.6 Å². The van der Waals surface area contributed by atoms with Crippen molar-refractivity contribution in [2.45, 2.75) is 6.92 Å². The number of methoxy groups -OCH3 is 1. The summed E-state index contributed by atoms with van der Waals surface area (Å²) >= 11 is 0. The van der Waals surface area contributed by atoms with E-state index in [1.807, 2.05) is 0 Å². The minimum atomic E-state index is -1.43. The van der Waals surface area contributed by atoms with Gasteiger partial charge < -0.3 is 39.1 Å². The summed E-state index contributed by atoms with van der Waals surface area (Å²) in [5, 5.41) is 18.1. The Bertz CT molecular complexity index is 1950. The molecule has 0 unspecified atom stereocenters. The topological polar surface area (TPSA) is 164 Å². The third-order valence-corrected chi connectivity index (χ3v) is 6.47. The first-order valence-electron chi connectivity index (χ1n) is 13.6. The van der Waals surface area contributed by atoms with Crippen molar-refractivity contribution < 1.29 is 42.4 Å². The first-order chi connectivity index (χ1) is 22.1. The third-order valence-electron chi connectivity index (χ3n) is 6.47. The lowest BCUT2D eigenvalue weighted by Crippen LogP contribution is -2.11. The number of aryl methyl sites for hydroxylation is 1. The Morgan fingerprint density at radius 3 is 2.35 bits per heavy atom. The lowest BCUT2D eigenvalue weighted by atomic mass is 10.2. The maximum absolute atomic E-state index is 16.1. The number of phenolic OH excluding ortho intramolecular Hbond substituents is 1. The van der Waals surface area contributed by atoms with Crippen molar-refractivity contribution in [1.82, 2.24) is 14.5 Å². The van der Waals surface area contributed by atoms with E-state index in [-0.39, 0.29) is 46.6 Å². The third kappa shape index (κ3) is 6.50. The molecule has 0 amide bonds. The predicted octanol–water partition coefficient (Wildman–Crippen LogP) is 6.31. The molecule has 0 saturated heterocycles. The number of nitrogen functional groups attached to an aromatic ring is 1. The van der Waals surface area contributed by atoms with Crippen LogP contribution in [0.15, 0.2) is 73.1 Å². The van der Waals surface area contributed by atoms with Crippen LogP contribution in [0.1, 0.15) is 22.8 Å². The summed E-state index contributed by atoms with van der Waals surface area (Å²) < 4.78 is 61.2. The molecule has 0 spiro atoms. The molecular weight excluding hydrogens is 604 g/mol. The number of benzene rings is 3. The van der Waals surface area contributed by atoms with Gasteiger partial charge >= 0.3 is 5.97 Å². The zero-order valence-corrected chi connectivity index (χ0v) is 24.7. The Hall–Kier alpha value is -6.18. The minimum absolute atomic E-state index is 0.0255.